The van der Waals surface area contributed by atoms with Crippen LogP contribution in [0.4, 0.5) is 11.4 Å². The van der Waals surface area contributed by atoms with Gasteiger partial charge in [-0.2, -0.15) is 5.10 Å². The van der Waals surface area contributed by atoms with Gasteiger partial charge in [-0.1, -0.05) is 6.07 Å². The van der Waals surface area contributed by atoms with E-state index >= 15 is 0 Å². The van der Waals surface area contributed by atoms with Crippen molar-refractivity contribution in [1.82, 2.24) is 10.2 Å². The predicted octanol–water partition coefficient (Wildman–Crippen LogP) is 2.11. The van der Waals surface area contributed by atoms with Crippen molar-refractivity contribution in [2.45, 2.75) is 23.7 Å². The summed E-state index contributed by atoms with van der Waals surface area (Å²) in [5.74, 6) is 0.334. The molecule has 1 aliphatic heterocycles. The summed E-state index contributed by atoms with van der Waals surface area (Å²) >= 11 is 0. The first-order chi connectivity index (χ1) is 11.4. The minimum absolute atomic E-state index is 0.235. The first-order valence-corrected chi connectivity index (χ1v) is 9.48. The number of hydrogen-bond acceptors (Lipinski definition) is 6. The number of H-pyrrole nitrogens is 1. The van der Waals surface area contributed by atoms with Crippen LogP contribution in [0.1, 0.15) is 24.5 Å². The van der Waals surface area contributed by atoms with Crippen LogP contribution in [0.2, 0.25) is 0 Å². The van der Waals surface area contributed by atoms with E-state index in [-0.39, 0.29) is 10.6 Å². The molecule has 0 aliphatic carbocycles. The Morgan fingerprint density at radius 3 is 2.54 bits per heavy atom. The Labute approximate surface area is 139 Å². The molecule has 2 heterocycles. The normalized spacial score (nSPS) is 16.3. The topological polar surface area (TPSA) is 109 Å². The van der Waals surface area contributed by atoms with Crippen molar-refractivity contribution in [3.8, 4) is 0 Å². The van der Waals surface area contributed by atoms with Crippen molar-refractivity contribution in [3.63, 3.8) is 0 Å². The van der Waals surface area contributed by atoms with Crippen molar-refractivity contribution in [3.05, 3.63) is 46.3 Å². The summed E-state index contributed by atoms with van der Waals surface area (Å²) in [5, 5.41) is 18.4. The summed E-state index contributed by atoms with van der Waals surface area (Å²) in [4.78, 5) is 12.5. The molecule has 24 heavy (non-hydrogen) atoms. The van der Waals surface area contributed by atoms with E-state index in [1.165, 1.54) is 6.07 Å². The Morgan fingerprint density at radius 1 is 1.29 bits per heavy atom. The smallest absolute Gasteiger partial charge is 0.311 e. The largest absolute Gasteiger partial charge is 0.366 e. The number of nitrogens with one attached hydrogen (secondary N) is 1. The van der Waals surface area contributed by atoms with E-state index in [0.29, 0.717) is 24.7 Å². The van der Waals surface area contributed by atoms with Crippen molar-refractivity contribution in [2.24, 2.45) is 0 Å². The zero-order valence-electron chi connectivity index (χ0n) is 13.2. The van der Waals surface area contributed by atoms with Gasteiger partial charge in [-0.15, -0.1) is 0 Å². The molecule has 1 fully saturated rings. The number of anilines is 1. The van der Waals surface area contributed by atoms with Gasteiger partial charge < -0.3 is 4.90 Å². The number of benzene rings is 1. The lowest BCUT2D eigenvalue weighted by Gasteiger charge is -2.33. The van der Waals surface area contributed by atoms with Gasteiger partial charge >= 0.3 is 5.69 Å². The maximum absolute atomic E-state index is 11.9. The quantitative estimate of drug-likeness (QED) is 0.668. The van der Waals surface area contributed by atoms with Gasteiger partial charge in [-0.05, 0) is 31.0 Å². The number of sulfone groups is 1. The number of nitro groups is 1. The standard InChI is InChI=1S/C15H18N4O4S/c1-24(22,23)14-4-2-3-13(15(14)19(20)21)18-9-6-11(7-10-18)12-5-8-16-17-12/h2-5,8,11H,6-7,9-10H2,1H3,(H,16,17). The third-order valence-electron chi connectivity index (χ3n) is 4.36. The third kappa shape index (κ3) is 3.12. The first kappa shape index (κ1) is 16.4. The lowest BCUT2D eigenvalue weighted by molar-refractivity contribution is -0.387. The van der Waals surface area contributed by atoms with Gasteiger partial charge in [0.2, 0.25) is 0 Å². The summed E-state index contributed by atoms with van der Waals surface area (Å²) in [7, 11) is -3.67. The van der Waals surface area contributed by atoms with Crippen molar-refractivity contribution >= 4 is 21.2 Å². The Morgan fingerprint density at radius 2 is 2.00 bits per heavy atom. The average Bonchev–Trinajstić information content (AvgIpc) is 3.08. The molecule has 1 aromatic heterocycles. The minimum atomic E-state index is -3.67. The molecule has 0 amide bonds. The zero-order valence-corrected chi connectivity index (χ0v) is 14.0. The molecule has 1 N–H and O–H groups in total. The van der Waals surface area contributed by atoms with Crippen LogP contribution in [0.15, 0.2) is 35.4 Å². The van der Waals surface area contributed by atoms with Crippen molar-refractivity contribution in [2.75, 3.05) is 24.2 Å². The van der Waals surface area contributed by atoms with E-state index in [1.54, 1.807) is 18.3 Å². The molecule has 0 bridgehead atoms. The average molecular weight is 350 g/mol. The minimum Gasteiger partial charge on any atom is -0.366 e. The second-order valence-electron chi connectivity index (χ2n) is 5.93. The van der Waals surface area contributed by atoms with Gasteiger partial charge in [0.1, 0.15) is 10.6 Å². The van der Waals surface area contributed by atoms with Gasteiger partial charge in [0.05, 0.1) is 4.92 Å². The number of aromatic amines is 1. The molecule has 8 nitrogen and oxygen atoms in total. The molecule has 1 saturated heterocycles. The van der Waals surface area contributed by atoms with Gasteiger partial charge in [-0.25, -0.2) is 8.42 Å². The van der Waals surface area contributed by atoms with Crippen LogP contribution in [-0.4, -0.2) is 42.9 Å². The van der Waals surface area contributed by atoms with Gasteiger partial charge in [0.15, 0.2) is 9.84 Å². The van der Waals surface area contributed by atoms with E-state index in [9.17, 15) is 18.5 Å². The number of nitro benzene ring substituents is 1. The highest BCUT2D eigenvalue weighted by Crippen LogP contribution is 2.37. The number of aromatic nitrogens is 2. The summed E-state index contributed by atoms with van der Waals surface area (Å²) in [6.07, 6.45) is 4.34. The third-order valence-corrected chi connectivity index (χ3v) is 5.49. The van der Waals surface area contributed by atoms with Crippen LogP contribution >= 0.6 is 0 Å². The van der Waals surface area contributed by atoms with E-state index < -0.39 is 14.8 Å². The molecular weight excluding hydrogens is 332 g/mol. The molecule has 1 aliphatic rings. The number of nitrogens with zero attached hydrogens (tertiary/aromatic N) is 3. The summed E-state index contributed by atoms with van der Waals surface area (Å²) in [6.45, 7) is 1.25. The summed E-state index contributed by atoms with van der Waals surface area (Å²) in [5.41, 5.74) is 1.10. The molecule has 2 aromatic rings. The summed E-state index contributed by atoms with van der Waals surface area (Å²) in [6, 6.07) is 6.39. The number of hydrogen-bond donors (Lipinski definition) is 1. The highest BCUT2D eigenvalue weighted by molar-refractivity contribution is 7.90. The van der Waals surface area contributed by atoms with Gasteiger partial charge in [0, 0.05) is 37.2 Å². The fraction of sp³-hybridized carbons (Fsp3) is 0.400. The maximum atomic E-state index is 11.9. The molecule has 128 valence electrons. The van der Waals surface area contributed by atoms with Crippen LogP contribution in [0.5, 0.6) is 0 Å². The molecular formula is C15H18N4O4S. The van der Waals surface area contributed by atoms with Crippen LogP contribution in [-0.2, 0) is 9.84 Å². The van der Waals surface area contributed by atoms with E-state index in [0.717, 1.165) is 24.8 Å². The van der Waals surface area contributed by atoms with Crippen molar-refractivity contribution < 1.29 is 13.3 Å². The predicted molar refractivity (Wildman–Crippen MR) is 89.0 cm³/mol. The SMILES string of the molecule is CS(=O)(=O)c1cccc(N2CCC(c3ccn[nH]3)CC2)c1[N+](=O)[O-]. The van der Waals surface area contributed by atoms with Crippen LogP contribution < -0.4 is 4.90 Å². The molecule has 0 spiro atoms. The van der Waals surface area contributed by atoms with E-state index in [1.807, 2.05) is 11.0 Å². The van der Waals surface area contributed by atoms with Crippen LogP contribution in [0.3, 0.4) is 0 Å². The van der Waals surface area contributed by atoms with E-state index in [2.05, 4.69) is 10.2 Å². The van der Waals surface area contributed by atoms with Crippen LogP contribution in [0.25, 0.3) is 0 Å². The molecule has 0 atom stereocenters. The second-order valence-corrected chi connectivity index (χ2v) is 7.91. The molecule has 1 aromatic carbocycles. The highest BCUT2D eigenvalue weighted by atomic mass is 32.2. The fourth-order valence-electron chi connectivity index (χ4n) is 3.17. The van der Waals surface area contributed by atoms with Gasteiger partial charge in [-0.3, -0.25) is 15.2 Å². The van der Waals surface area contributed by atoms with E-state index in [4.69, 9.17) is 0 Å². The molecule has 0 radical (unpaired) electrons. The maximum Gasteiger partial charge on any atom is 0.311 e. The molecule has 0 unspecified atom stereocenters. The fourth-order valence-corrected chi connectivity index (χ4v) is 4.03. The highest BCUT2D eigenvalue weighted by Gasteiger charge is 2.31. The van der Waals surface area contributed by atoms with Crippen molar-refractivity contribution in [1.29, 1.82) is 0 Å². The Balaban J connectivity index is 1.89. The Kier molecular flexibility index (Phi) is 4.27. The Hall–Kier alpha value is -2.42. The van der Waals surface area contributed by atoms with Crippen LogP contribution in [0, 0.1) is 10.1 Å². The number of rotatable bonds is 4. The Bertz CT molecular complexity index is 840. The number of para-hydroxylation sites is 1. The molecule has 0 saturated carbocycles. The first-order valence-electron chi connectivity index (χ1n) is 7.59. The lowest BCUT2D eigenvalue weighted by Crippen LogP contribution is -2.33. The second kappa shape index (κ2) is 6.23. The zero-order chi connectivity index (χ0) is 17.3. The number of piperidine rings is 1. The molecule has 3 rings (SSSR count). The lowest BCUT2D eigenvalue weighted by atomic mass is 9.93. The summed E-state index contributed by atoms with van der Waals surface area (Å²) < 4.78 is 23.7. The van der Waals surface area contributed by atoms with Gasteiger partial charge in [0.25, 0.3) is 0 Å². The molecule has 9 heteroatoms. The monoisotopic (exact) mass is 350 g/mol.